The fourth-order valence-electron chi connectivity index (χ4n) is 1.79. The van der Waals surface area contributed by atoms with Gasteiger partial charge in [-0.2, -0.15) is 0 Å². The summed E-state index contributed by atoms with van der Waals surface area (Å²) in [6.45, 7) is 3.14. The van der Waals surface area contributed by atoms with E-state index >= 15 is 0 Å². The van der Waals surface area contributed by atoms with Crippen molar-refractivity contribution >= 4 is 11.6 Å². The maximum Gasteiger partial charge on any atom is 0.221 e. The maximum atomic E-state index is 10.9. The maximum absolute atomic E-state index is 10.9. The number of imidazole rings is 1. The van der Waals surface area contributed by atoms with Gasteiger partial charge in [-0.25, -0.2) is 4.98 Å². The molecule has 0 bridgehead atoms. The number of amides is 1. The molecule has 0 aliphatic rings. The van der Waals surface area contributed by atoms with E-state index in [2.05, 4.69) is 20.6 Å². The SMILES string of the molecule is CC(=O)Nc1ccc(CCNCc2ncc[nH]2)cc1. The minimum Gasteiger partial charge on any atom is -0.348 e. The predicted molar refractivity (Wildman–Crippen MR) is 74.7 cm³/mol. The lowest BCUT2D eigenvalue weighted by Crippen LogP contribution is -2.17. The van der Waals surface area contributed by atoms with E-state index in [4.69, 9.17) is 0 Å². The van der Waals surface area contributed by atoms with Crippen LogP contribution in [0.4, 0.5) is 5.69 Å². The Labute approximate surface area is 112 Å². The lowest BCUT2D eigenvalue weighted by Gasteiger charge is -2.05. The summed E-state index contributed by atoms with van der Waals surface area (Å²) < 4.78 is 0. The van der Waals surface area contributed by atoms with Crippen LogP contribution in [-0.4, -0.2) is 22.4 Å². The molecule has 0 spiro atoms. The van der Waals surface area contributed by atoms with Crippen molar-refractivity contribution < 1.29 is 4.79 Å². The molecular formula is C14H18N4O. The van der Waals surface area contributed by atoms with Gasteiger partial charge in [-0.05, 0) is 30.7 Å². The molecule has 1 aromatic carbocycles. The predicted octanol–water partition coefficient (Wildman–Crippen LogP) is 1.70. The number of H-pyrrole nitrogens is 1. The zero-order chi connectivity index (χ0) is 13.5. The normalized spacial score (nSPS) is 10.4. The molecule has 0 saturated carbocycles. The van der Waals surface area contributed by atoms with Crippen LogP contribution in [0.2, 0.25) is 0 Å². The Morgan fingerprint density at radius 1 is 1.32 bits per heavy atom. The van der Waals surface area contributed by atoms with Gasteiger partial charge in [0, 0.05) is 25.0 Å². The van der Waals surface area contributed by atoms with Gasteiger partial charge in [0.15, 0.2) is 0 Å². The first-order chi connectivity index (χ1) is 9.24. The van der Waals surface area contributed by atoms with Gasteiger partial charge in [0.2, 0.25) is 5.91 Å². The third-order valence-electron chi connectivity index (χ3n) is 2.71. The Hall–Kier alpha value is -2.14. The van der Waals surface area contributed by atoms with Crippen LogP contribution >= 0.6 is 0 Å². The zero-order valence-corrected chi connectivity index (χ0v) is 10.9. The number of hydrogen-bond acceptors (Lipinski definition) is 3. The first-order valence-electron chi connectivity index (χ1n) is 6.29. The third kappa shape index (κ3) is 4.56. The van der Waals surface area contributed by atoms with Gasteiger partial charge in [-0.3, -0.25) is 4.79 Å². The first-order valence-corrected chi connectivity index (χ1v) is 6.29. The van der Waals surface area contributed by atoms with Crippen LogP contribution < -0.4 is 10.6 Å². The summed E-state index contributed by atoms with van der Waals surface area (Å²) in [5.41, 5.74) is 2.07. The van der Waals surface area contributed by atoms with Crippen LogP contribution in [0.25, 0.3) is 0 Å². The number of aromatic nitrogens is 2. The second-order valence-electron chi connectivity index (χ2n) is 4.34. The molecule has 3 N–H and O–H groups in total. The number of nitrogens with zero attached hydrogens (tertiary/aromatic N) is 1. The highest BCUT2D eigenvalue weighted by atomic mass is 16.1. The molecule has 0 fully saturated rings. The third-order valence-corrected chi connectivity index (χ3v) is 2.71. The molecule has 5 heteroatoms. The van der Waals surface area contributed by atoms with E-state index in [1.165, 1.54) is 12.5 Å². The molecule has 5 nitrogen and oxygen atoms in total. The second-order valence-corrected chi connectivity index (χ2v) is 4.34. The van der Waals surface area contributed by atoms with E-state index in [-0.39, 0.29) is 5.91 Å². The second kappa shape index (κ2) is 6.70. The molecule has 0 saturated heterocycles. The number of carbonyl (C=O) groups is 1. The van der Waals surface area contributed by atoms with Crippen LogP contribution in [0.15, 0.2) is 36.7 Å². The van der Waals surface area contributed by atoms with Crippen LogP contribution in [0, 0.1) is 0 Å². The Kier molecular flexibility index (Phi) is 4.69. The molecule has 0 unspecified atom stereocenters. The number of rotatable bonds is 6. The molecule has 1 amide bonds. The molecule has 2 rings (SSSR count). The highest BCUT2D eigenvalue weighted by molar-refractivity contribution is 5.88. The summed E-state index contributed by atoms with van der Waals surface area (Å²) in [5, 5.41) is 6.07. The smallest absolute Gasteiger partial charge is 0.221 e. The number of nitrogens with one attached hydrogen (secondary N) is 3. The van der Waals surface area contributed by atoms with Crippen molar-refractivity contribution in [1.82, 2.24) is 15.3 Å². The number of anilines is 1. The van der Waals surface area contributed by atoms with Crippen LogP contribution in [-0.2, 0) is 17.8 Å². The summed E-state index contributed by atoms with van der Waals surface area (Å²) in [6, 6.07) is 7.90. The van der Waals surface area contributed by atoms with E-state index in [0.717, 1.165) is 31.0 Å². The first kappa shape index (κ1) is 13.3. The lowest BCUT2D eigenvalue weighted by atomic mass is 10.1. The zero-order valence-electron chi connectivity index (χ0n) is 10.9. The summed E-state index contributed by atoms with van der Waals surface area (Å²) in [7, 11) is 0. The largest absolute Gasteiger partial charge is 0.348 e. The van der Waals surface area contributed by atoms with Crippen LogP contribution in [0.5, 0.6) is 0 Å². The van der Waals surface area contributed by atoms with E-state index < -0.39 is 0 Å². The van der Waals surface area contributed by atoms with Gasteiger partial charge in [0.05, 0.1) is 6.54 Å². The molecule has 19 heavy (non-hydrogen) atoms. The lowest BCUT2D eigenvalue weighted by molar-refractivity contribution is -0.114. The van der Waals surface area contributed by atoms with Crippen molar-refractivity contribution in [1.29, 1.82) is 0 Å². The van der Waals surface area contributed by atoms with Gasteiger partial charge < -0.3 is 15.6 Å². The molecule has 0 aliphatic carbocycles. The van der Waals surface area contributed by atoms with E-state index in [0.29, 0.717) is 0 Å². The number of carbonyl (C=O) groups excluding carboxylic acids is 1. The minimum atomic E-state index is -0.0483. The molecule has 1 heterocycles. The van der Waals surface area contributed by atoms with E-state index in [1.807, 2.05) is 30.5 Å². The van der Waals surface area contributed by atoms with Crippen molar-refractivity contribution in [3.8, 4) is 0 Å². The molecular weight excluding hydrogens is 240 g/mol. The number of benzene rings is 1. The van der Waals surface area contributed by atoms with E-state index in [9.17, 15) is 4.79 Å². The molecule has 0 aliphatic heterocycles. The molecule has 0 atom stereocenters. The standard InChI is InChI=1S/C14H18N4O/c1-11(19)18-13-4-2-12(3-5-13)6-7-15-10-14-16-8-9-17-14/h2-5,8-9,15H,6-7,10H2,1H3,(H,16,17)(H,18,19). The summed E-state index contributed by atoms with van der Waals surface area (Å²) in [6.07, 6.45) is 4.51. The molecule has 0 radical (unpaired) electrons. The quantitative estimate of drug-likeness (QED) is 0.691. The Bertz CT molecular complexity index is 505. The highest BCUT2D eigenvalue weighted by Gasteiger charge is 1.97. The average molecular weight is 258 g/mol. The minimum absolute atomic E-state index is 0.0483. The average Bonchev–Trinajstić information content (AvgIpc) is 2.89. The molecule has 2 aromatic rings. The summed E-state index contributed by atoms with van der Waals surface area (Å²) in [5.74, 6) is 0.897. The highest BCUT2D eigenvalue weighted by Crippen LogP contribution is 2.09. The van der Waals surface area contributed by atoms with Crippen molar-refractivity contribution in [3.63, 3.8) is 0 Å². The Morgan fingerprint density at radius 2 is 2.11 bits per heavy atom. The van der Waals surface area contributed by atoms with Gasteiger partial charge in [-0.15, -0.1) is 0 Å². The fraction of sp³-hybridized carbons (Fsp3) is 0.286. The monoisotopic (exact) mass is 258 g/mol. The van der Waals surface area contributed by atoms with Gasteiger partial charge in [0.1, 0.15) is 5.82 Å². The number of hydrogen-bond donors (Lipinski definition) is 3. The fourth-order valence-corrected chi connectivity index (χ4v) is 1.79. The van der Waals surface area contributed by atoms with Gasteiger partial charge >= 0.3 is 0 Å². The summed E-state index contributed by atoms with van der Waals surface area (Å²) in [4.78, 5) is 18.1. The number of aromatic amines is 1. The van der Waals surface area contributed by atoms with Crippen molar-refractivity contribution in [2.24, 2.45) is 0 Å². The van der Waals surface area contributed by atoms with Crippen LogP contribution in [0.3, 0.4) is 0 Å². The van der Waals surface area contributed by atoms with Crippen molar-refractivity contribution in [2.75, 3.05) is 11.9 Å². The Balaban J connectivity index is 1.72. The Morgan fingerprint density at radius 3 is 2.74 bits per heavy atom. The molecule has 1 aromatic heterocycles. The van der Waals surface area contributed by atoms with Crippen LogP contribution in [0.1, 0.15) is 18.3 Å². The van der Waals surface area contributed by atoms with Gasteiger partial charge in [0.25, 0.3) is 0 Å². The van der Waals surface area contributed by atoms with Gasteiger partial charge in [-0.1, -0.05) is 12.1 Å². The summed E-state index contributed by atoms with van der Waals surface area (Å²) >= 11 is 0. The molecule has 100 valence electrons. The van der Waals surface area contributed by atoms with E-state index in [1.54, 1.807) is 6.20 Å². The van der Waals surface area contributed by atoms with Crippen molar-refractivity contribution in [2.45, 2.75) is 19.9 Å². The topological polar surface area (TPSA) is 69.8 Å². The van der Waals surface area contributed by atoms with Crippen molar-refractivity contribution in [3.05, 3.63) is 48.0 Å².